The number of hydrogen-bond acceptors (Lipinski definition) is 7. The van der Waals surface area contributed by atoms with Gasteiger partial charge in [-0.3, -0.25) is 9.20 Å². The van der Waals surface area contributed by atoms with Gasteiger partial charge in [0.15, 0.2) is 0 Å². The summed E-state index contributed by atoms with van der Waals surface area (Å²) in [5.74, 6) is -0.0302. The fraction of sp³-hybridized carbons (Fsp3) is 0.300. The Balaban J connectivity index is 1.42. The monoisotopic (exact) mass is 529 g/mol. The lowest BCUT2D eigenvalue weighted by atomic mass is 10.2. The second kappa shape index (κ2) is 9.34. The highest BCUT2D eigenvalue weighted by Gasteiger charge is 2.50. The summed E-state index contributed by atoms with van der Waals surface area (Å²) in [4.78, 5) is 21.5. The van der Waals surface area contributed by atoms with Crippen LogP contribution in [0.2, 0.25) is 5.02 Å². The van der Waals surface area contributed by atoms with Gasteiger partial charge in [-0.25, -0.2) is 19.3 Å². The van der Waals surface area contributed by atoms with Gasteiger partial charge in [0, 0.05) is 18.9 Å². The van der Waals surface area contributed by atoms with Crippen LogP contribution in [0.15, 0.2) is 41.8 Å². The van der Waals surface area contributed by atoms with Gasteiger partial charge in [0.2, 0.25) is 0 Å². The van der Waals surface area contributed by atoms with Crippen LogP contribution in [0, 0.1) is 0 Å². The number of rotatable bonds is 6. The average Bonchev–Trinajstić information content (AvgIpc) is 3.20. The maximum atomic E-state index is 12.9. The summed E-state index contributed by atoms with van der Waals surface area (Å²) >= 11 is 6.06. The molecule has 186 valence electrons. The number of aromatic nitrogens is 3. The average molecular weight is 530 g/mol. The third-order valence-electron chi connectivity index (χ3n) is 5.18. The standard InChI is InChI=1S/C20H19ClF3N7O3S/c1-2-15-18(30-11-14(21)4-6-17(30)28-15)19(32)26-10-13-3-5-16(25-9-13)31-8-7-29(12-27-31)35(33,34)20(22,23)24/h3-6,9,11-12H,2,7-8,10H2,1H3,(H,26,32). The van der Waals surface area contributed by atoms with Crippen molar-refractivity contribution in [2.24, 2.45) is 5.10 Å². The number of fused-ring (bicyclic) bond motifs is 1. The highest BCUT2D eigenvalue weighted by Crippen LogP contribution is 2.27. The van der Waals surface area contributed by atoms with Crippen molar-refractivity contribution in [3.8, 4) is 0 Å². The second-order valence-corrected chi connectivity index (χ2v) is 9.78. The number of carbonyl (C=O) groups excluding carboxylic acids is 1. The first-order valence-electron chi connectivity index (χ1n) is 10.3. The number of aryl methyl sites for hydroxylation is 1. The number of hydrogen-bond donors (Lipinski definition) is 1. The Hall–Kier alpha value is -3.39. The van der Waals surface area contributed by atoms with Crippen molar-refractivity contribution < 1.29 is 26.4 Å². The third kappa shape index (κ3) is 4.89. The van der Waals surface area contributed by atoms with Crippen LogP contribution in [0.3, 0.4) is 0 Å². The molecule has 0 aliphatic carbocycles. The van der Waals surface area contributed by atoms with Crippen LogP contribution in [0.4, 0.5) is 19.0 Å². The quantitative estimate of drug-likeness (QED) is 0.525. The summed E-state index contributed by atoms with van der Waals surface area (Å²) in [6, 6.07) is 6.65. The Morgan fingerprint density at radius 3 is 2.57 bits per heavy atom. The molecule has 4 heterocycles. The zero-order valence-corrected chi connectivity index (χ0v) is 19.8. The van der Waals surface area contributed by atoms with Crippen LogP contribution < -0.4 is 10.3 Å². The van der Waals surface area contributed by atoms with Crippen LogP contribution in [0.25, 0.3) is 5.65 Å². The number of nitrogens with zero attached hydrogens (tertiary/aromatic N) is 6. The lowest BCUT2D eigenvalue weighted by Crippen LogP contribution is -2.46. The van der Waals surface area contributed by atoms with Crippen molar-refractivity contribution in [1.29, 1.82) is 0 Å². The first-order chi connectivity index (χ1) is 16.5. The maximum Gasteiger partial charge on any atom is 0.516 e. The van der Waals surface area contributed by atoms with E-state index in [1.165, 1.54) is 11.2 Å². The number of carbonyl (C=O) groups is 1. The molecule has 1 aliphatic heterocycles. The molecule has 35 heavy (non-hydrogen) atoms. The molecular formula is C20H19ClF3N7O3S. The van der Waals surface area contributed by atoms with Crippen molar-refractivity contribution >= 4 is 45.3 Å². The first kappa shape index (κ1) is 24.7. The van der Waals surface area contributed by atoms with Crippen LogP contribution in [-0.4, -0.2) is 57.9 Å². The van der Waals surface area contributed by atoms with Gasteiger partial charge in [-0.2, -0.15) is 26.7 Å². The van der Waals surface area contributed by atoms with E-state index in [0.717, 1.165) is 0 Å². The molecule has 0 fully saturated rings. The Labute approximate surface area is 203 Å². The largest absolute Gasteiger partial charge is 0.516 e. The number of amides is 1. The van der Waals surface area contributed by atoms with E-state index >= 15 is 0 Å². The zero-order chi connectivity index (χ0) is 25.4. The number of alkyl halides is 3. The molecule has 4 rings (SSSR count). The topological polar surface area (TPSA) is 112 Å². The number of hydrazone groups is 1. The van der Waals surface area contributed by atoms with E-state index in [4.69, 9.17) is 11.6 Å². The van der Waals surface area contributed by atoms with Crippen molar-refractivity contribution in [2.75, 3.05) is 18.1 Å². The van der Waals surface area contributed by atoms with Gasteiger partial charge >= 0.3 is 15.5 Å². The second-order valence-electron chi connectivity index (χ2n) is 7.46. The summed E-state index contributed by atoms with van der Waals surface area (Å²) in [6.45, 7) is 1.49. The number of imidazole rings is 1. The Morgan fingerprint density at radius 1 is 1.20 bits per heavy atom. The minimum atomic E-state index is -5.48. The van der Waals surface area contributed by atoms with Gasteiger partial charge in [-0.05, 0) is 30.2 Å². The number of nitrogens with one attached hydrogen (secondary N) is 1. The summed E-state index contributed by atoms with van der Waals surface area (Å²) in [7, 11) is -5.48. The Bertz CT molecular complexity index is 1390. The third-order valence-corrected chi connectivity index (χ3v) is 6.89. The molecule has 0 saturated carbocycles. The Kier molecular flexibility index (Phi) is 6.60. The lowest BCUT2D eigenvalue weighted by Gasteiger charge is -2.29. The van der Waals surface area contributed by atoms with E-state index in [2.05, 4.69) is 20.4 Å². The van der Waals surface area contributed by atoms with E-state index in [1.807, 2.05) is 6.92 Å². The maximum absolute atomic E-state index is 12.9. The highest BCUT2D eigenvalue weighted by atomic mass is 35.5. The fourth-order valence-electron chi connectivity index (χ4n) is 3.41. The minimum absolute atomic E-state index is 0.120. The zero-order valence-electron chi connectivity index (χ0n) is 18.2. The van der Waals surface area contributed by atoms with E-state index in [0.29, 0.717) is 46.2 Å². The fourth-order valence-corrected chi connectivity index (χ4v) is 4.33. The molecule has 1 amide bonds. The van der Waals surface area contributed by atoms with Crippen LogP contribution in [0.1, 0.15) is 28.7 Å². The van der Waals surface area contributed by atoms with Crippen LogP contribution >= 0.6 is 11.6 Å². The SMILES string of the molecule is CCc1nc2ccc(Cl)cn2c1C(=O)NCc1ccc(N2CCN(S(=O)(=O)C(F)(F)F)C=N2)nc1. The molecule has 0 aromatic carbocycles. The van der Waals surface area contributed by atoms with Gasteiger partial charge < -0.3 is 5.32 Å². The minimum Gasteiger partial charge on any atom is -0.347 e. The van der Waals surface area contributed by atoms with Crippen molar-refractivity contribution in [1.82, 2.24) is 24.0 Å². The van der Waals surface area contributed by atoms with Crippen molar-refractivity contribution in [3.63, 3.8) is 0 Å². The van der Waals surface area contributed by atoms with Crippen molar-refractivity contribution in [3.05, 3.63) is 58.6 Å². The molecule has 0 bridgehead atoms. The number of pyridine rings is 2. The molecule has 0 saturated heterocycles. The molecule has 0 unspecified atom stereocenters. The van der Waals surface area contributed by atoms with Gasteiger partial charge in [-0.15, -0.1) is 0 Å². The molecule has 3 aromatic rings. The normalized spacial score (nSPS) is 14.5. The number of halogens is 4. The Morgan fingerprint density at radius 2 is 1.97 bits per heavy atom. The number of sulfonamides is 1. The summed E-state index contributed by atoms with van der Waals surface area (Å²) < 4.78 is 62.8. The number of anilines is 1. The predicted molar refractivity (Wildman–Crippen MR) is 123 cm³/mol. The molecule has 1 aliphatic rings. The molecule has 1 N–H and O–H groups in total. The van der Waals surface area contributed by atoms with Gasteiger partial charge in [0.1, 0.15) is 23.5 Å². The molecule has 10 nitrogen and oxygen atoms in total. The molecule has 15 heteroatoms. The molecule has 0 spiro atoms. The highest BCUT2D eigenvalue weighted by molar-refractivity contribution is 7.90. The molecule has 3 aromatic heterocycles. The van der Waals surface area contributed by atoms with Crippen molar-refractivity contribution in [2.45, 2.75) is 25.4 Å². The lowest BCUT2D eigenvalue weighted by molar-refractivity contribution is -0.0471. The smallest absolute Gasteiger partial charge is 0.347 e. The van der Waals surface area contributed by atoms with Gasteiger partial charge in [0.05, 0.1) is 23.8 Å². The molecule has 0 radical (unpaired) electrons. The first-order valence-corrected chi connectivity index (χ1v) is 12.1. The van der Waals surface area contributed by atoms with Crippen LogP contribution in [-0.2, 0) is 23.0 Å². The van der Waals surface area contributed by atoms with Gasteiger partial charge in [0.25, 0.3) is 5.91 Å². The summed E-state index contributed by atoms with van der Waals surface area (Å²) in [5, 5.41) is 8.32. The van der Waals surface area contributed by atoms with E-state index < -0.39 is 22.1 Å². The van der Waals surface area contributed by atoms with Crippen LogP contribution in [0.5, 0.6) is 0 Å². The summed E-state index contributed by atoms with van der Waals surface area (Å²) in [5.41, 5.74) is -3.13. The van der Waals surface area contributed by atoms with E-state index in [-0.39, 0.29) is 23.3 Å². The van der Waals surface area contributed by atoms with E-state index in [1.54, 1.807) is 34.9 Å². The van der Waals surface area contributed by atoms with E-state index in [9.17, 15) is 26.4 Å². The molecular weight excluding hydrogens is 511 g/mol. The van der Waals surface area contributed by atoms with Gasteiger partial charge in [-0.1, -0.05) is 24.6 Å². The molecule has 0 atom stereocenters. The summed E-state index contributed by atoms with van der Waals surface area (Å²) in [6.07, 6.45) is 4.26. The predicted octanol–water partition coefficient (Wildman–Crippen LogP) is 2.79.